The first-order valence-corrected chi connectivity index (χ1v) is 8.30. The quantitative estimate of drug-likeness (QED) is 0.793. The minimum Gasteiger partial charge on any atom is -0.481 e. The van der Waals surface area contributed by atoms with Gasteiger partial charge in [0.1, 0.15) is 0 Å². The molecule has 0 aliphatic heterocycles. The van der Waals surface area contributed by atoms with Crippen molar-refractivity contribution in [3.05, 3.63) is 58.2 Å². The molecule has 6 heteroatoms. The van der Waals surface area contributed by atoms with E-state index < -0.39 is 0 Å². The highest BCUT2D eigenvalue weighted by molar-refractivity contribution is 6.30. The van der Waals surface area contributed by atoms with Crippen LogP contribution < -0.4 is 10.1 Å². The summed E-state index contributed by atoms with van der Waals surface area (Å²) in [4.78, 5) is 16.5. The Morgan fingerprint density at radius 3 is 2.72 bits per heavy atom. The zero-order valence-electron chi connectivity index (χ0n) is 14.2. The highest BCUT2D eigenvalue weighted by atomic mass is 35.5. The van der Waals surface area contributed by atoms with Gasteiger partial charge in [-0.2, -0.15) is 0 Å². The number of ether oxygens (including phenoxy) is 1. The van der Waals surface area contributed by atoms with Gasteiger partial charge in [-0.15, -0.1) is 0 Å². The largest absolute Gasteiger partial charge is 0.481 e. The maximum absolute atomic E-state index is 12.3. The summed E-state index contributed by atoms with van der Waals surface area (Å²) in [5.41, 5.74) is 2.10. The molecule has 0 aliphatic rings. The minimum atomic E-state index is -0.239. The number of carbonyl (C=O) groups excluding carboxylic acids is 1. The second-order valence-electron chi connectivity index (χ2n) is 5.59. The van der Waals surface area contributed by atoms with Crippen molar-refractivity contribution in [2.75, 3.05) is 13.7 Å². The van der Waals surface area contributed by atoms with Gasteiger partial charge >= 0.3 is 0 Å². The zero-order chi connectivity index (χ0) is 18.2. The second kappa shape index (κ2) is 9.20. The van der Waals surface area contributed by atoms with Crippen LogP contribution in [0.3, 0.4) is 0 Å². The number of carbonyl (C=O) groups is 1. The third-order valence-electron chi connectivity index (χ3n) is 3.60. The molecule has 0 fully saturated rings. The molecule has 0 radical (unpaired) electrons. The standard InChI is InChI=1S/C19H21ClN2O3/c1-13(9-10-23)22-18(24)16-11-15(19(25-2)21-12-16)6-3-14-4-7-17(20)8-5-14/h3-8,11-13,23H,9-10H2,1-2H3,(H,22,24). The van der Waals surface area contributed by atoms with E-state index in [2.05, 4.69) is 10.3 Å². The molecule has 1 atom stereocenters. The molecule has 25 heavy (non-hydrogen) atoms. The number of hydrogen-bond acceptors (Lipinski definition) is 4. The lowest BCUT2D eigenvalue weighted by atomic mass is 10.1. The fraction of sp³-hybridized carbons (Fsp3) is 0.263. The lowest BCUT2D eigenvalue weighted by molar-refractivity contribution is 0.0934. The van der Waals surface area contributed by atoms with Crippen LogP contribution in [0.2, 0.25) is 5.02 Å². The van der Waals surface area contributed by atoms with E-state index in [-0.39, 0.29) is 18.6 Å². The van der Waals surface area contributed by atoms with Gasteiger partial charge < -0.3 is 15.2 Å². The van der Waals surface area contributed by atoms with Crippen molar-refractivity contribution < 1.29 is 14.6 Å². The number of nitrogens with zero attached hydrogens (tertiary/aromatic N) is 1. The van der Waals surface area contributed by atoms with Crippen molar-refractivity contribution in [3.63, 3.8) is 0 Å². The third kappa shape index (κ3) is 5.59. The topological polar surface area (TPSA) is 71.5 Å². The molecule has 2 N–H and O–H groups in total. The fourth-order valence-electron chi connectivity index (χ4n) is 2.22. The van der Waals surface area contributed by atoms with Crippen LogP contribution in [0.1, 0.15) is 34.8 Å². The maximum atomic E-state index is 12.3. The molecule has 2 aromatic rings. The van der Waals surface area contributed by atoms with Gasteiger partial charge in [0.2, 0.25) is 5.88 Å². The Bertz CT molecular complexity index is 745. The SMILES string of the molecule is COc1ncc(C(=O)NC(C)CCO)cc1C=Cc1ccc(Cl)cc1. The molecule has 0 saturated carbocycles. The summed E-state index contributed by atoms with van der Waals surface area (Å²) in [7, 11) is 1.53. The lowest BCUT2D eigenvalue weighted by Crippen LogP contribution is -2.33. The molecule has 1 heterocycles. The fourth-order valence-corrected chi connectivity index (χ4v) is 2.34. The van der Waals surface area contributed by atoms with Crippen LogP contribution >= 0.6 is 11.6 Å². The van der Waals surface area contributed by atoms with E-state index in [1.165, 1.54) is 13.3 Å². The number of rotatable bonds is 7. The molecule has 132 valence electrons. The van der Waals surface area contributed by atoms with Gasteiger partial charge in [0.05, 0.1) is 12.7 Å². The first-order chi connectivity index (χ1) is 12.0. The average Bonchev–Trinajstić information content (AvgIpc) is 2.61. The summed E-state index contributed by atoms with van der Waals surface area (Å²) in [6.07, 6.45) is 5.70. The number of benzene rings is 1. The number of aromatic nitrogens is 1. The van der Waals surface area contributed by atoms with Crippen molar-refractivity contribution in [2.24, 2.45) is 0 Å². The van der Waals surface area contributed by atoms with Crippen molar-refractivity contribution in [3.8, 4) is 5.88 Å². The first kappa shape index (κ1) is 19.0. The van der Waals surface area contributed by atoms with E-state index in [0.717, 1.165) is 5.56 Å². The monoisotopic (exact) mass is 360 g/mol. The number of amides is 1. The number of pyridine rings is 1. The lowest BCUT2D eigenvalue weighted by Gasteiger charge is -2.13. The predicted molar refractivity (Wildman–Crippen MR) is 99.8 cm³/mol. The zero-order valence-corrected chi connectivity index (χ0v) is 15.0. The van der Waals surface area contributed by atoms with Crippen molar-refractivity contribution >= 4 is 29.7 Å². The van der Waals surface area contributed by atoms with E-state index >= 15 is 0 Å². The third-order valence-corrected chi connectivity index (χ3v) is 3.85. The van der Waals surface area contributed by atoms with Crippen LogP contribution in [0.5, 0.6) is 5.88 Å². The van der Waals surface area contributed by atoms with Gasteiger partial charge in [-0.25, -0.2) is 4.98 Å². The van der Waals surface area contributed by atoms with Crippen molar-refractivity contribution in [1.29, 1.82) is 0 Å². The van der Waals surface area contributed by atoms with E-state index in [0.29, 0.717) is 28.5 Å². The number of aliphatic hydroxyl groups excluding tert-OH is 1. The Labute approximate surface area is 152 Å². The summed E-state index contributed by atoms with van der Waals surface area (Å²) in [6, 6.07) is 9.01. The predicted octanol–water partition coefficient (Wildman–Crippen LogP) is 3.41. The maximum Gasteiger partial charge on any atom is 0.253 e. The first-order valence-electron chi connectivity index (χ1n) is 7.93. The second-order valence-corrected chi connectivity index (χ2v) is 6.03. The molecule has 1 amide bonds. The van der Waals surface area contributed by atoms with Crippen molar-refractivity contribution in [2.45, 2.75) is 19.4 Å². The van der Waals surface area contributed by atoms with Crippen LogP contribution in [0.25, 0.3) is 12.2 Å². The number of methoxy groups -OCH3 is 1. The number of nitrogens with one attached hydrogen (secondary N) is 1. The van der Waals surface area contributed by atoms with Crippen LogP contribution in [-0.2, 0) is 0 Å². The number of halogens is 1. The Hall–Kier alpha value is -2.37. The van der Waals surface area contributed by atoms with Crippen LogP contribution in [0.15, 0.2) is 36.5 Å². The Kier molecular flexibility index (Phi) is 6.98. The number of hydrogen-bond donors (Lipinski definition) is 2. The Balaban J connectivity index is 2.21. The molecule has 1 unspecified atom stereocenters. The summed E-state index contributed by atoms with van der Waals surface area (Å²) in [5.74, 6) is 0.197. The van der Waals surface area contributed by atoms with Gasteiger partial charge in [-0.1, -0.05) is 29.8 Å². The normalized spacial score (nSPS) is 12.2. The average molecular weight is 361 g/mol. The molecule has 2 rings (SSSR count). The van der Waals surface area contributed by atoms with Gasteiger partial charge in [0.25, 0.3) is 5.91 Å². The van der Waals surface area contributed by atoms with E-state index in [1.54, 1.807) is 6.07 Å². The Morgan fingerprint density at radius 1 is 1.36 bits per heavy atom. The van der Waals surface area contributed by atoms with Gasteiger partial charge in [0, 0.05) is 29.4 Å². The summed E-state index contributed by atoms with van der Waals surface area (Å²) < 4.78 is 5.26. The Morgan fingerprint density at radius 2 is 2.08 bits per heavy atom. The van der Waals surface area contributed by atoms with Crippen LogP contribution in [0, 0.1) is 0 Å². The van der Waals surface area contributed by atoms with Gasteiger partial charge in [-0.05, 0) is 43.2 Å². The summed E-state index contributed by atoms with van der Waals surface area (Å²) >= 11 is 5.88. The molecule has 1 aromatic heterocycles. The van der Waals surface area contributed by atoms with Crippen LogP contribution in [-0.4, -0.2) is 35.8 Å². The van der Waals surface area contributed by atoms with Gasteiger partial charge in [-0.3, -0.25) is 4.79 Å². The smallest absolute Gasteiger partial charge is 0.253 e. The molecule has 0 spiro atoms. The van der Waals surface area contributed by atoms with Gasteiger partial charge in [0.15, 0.2) is 0 Å². The van der Waals surface area contributed by atoms with E-state index in [1.807, 2.05) is 43.3 Å². The molecular weight excluding hydrogens is 340 g/mol. The summed E-state index contributed by atoms with van der Waals surface area (Å²) in [6.45, 7) is 1.86. The minimum absolute atomic E-state index is 0.0252. The highest BCUT2D eigenvalue weighted by Gasteiger charge is 2.12. The van der Waals surface area contributed by atoms with E-state index in [9.17, 15) is 4.79 Å². The summed E-state index contributed by atoms with van der Waals surface area (Å²) in [5, 5.41) is 12.4. The highest BCUT2D eigenvalue weighted by Crippen LogP contribution is 2.20. The molecule has 5 nitrogen and oxygen atoms in total. The molecule has 0 saturated heterocycles. The molecule has 1 aromatic carbocycles. The van der Waals surface area contributed by atoms with Crippen molar-refractivity contribution in [1.82, 2.24) is 10.3 Å². The van der Waals surface area contributed by atoms with Crippen LogP contribution in [0.4, 0.5) is 0 Å². The molecular formula is C19H21ClN2O3. The molecule has 0 aliphatic carbocycles. The molecule has 0 bridgehead atoms. The number of aliphatic hydroxyl groups is 1. The van der Waals surface area contributed by atoms with E-state index in [4.69, 9.17) is 21.4 Å².